The van der Waals surface area contributed by atoms with Crippen molar-refractivity contribution in [2.75, 3.05) is 11.1 Å². The number of nitrogens with one attached hydrogen (secondary N) is 1. The number of nitrogens with zero attached hydrogens (tertiary/aromatic N) is 2. The van der Waals surface area contributed by atoms with Gasteiger partial charge in [-0.2, -0.15) is 11.3 Å². The van der Waals surface area contributed by atoms with E-state index in [-0.39, 0.29) is 18.9 Å². The highest BCUT2D eigenvalue weighted by Gasteiger charge is 2.11. The van der Waals surface area contributed by atoms with Crippen molar-refractivity contribution < 1.29 is 9.21 Å². The van der Waals surface area contributed by atoms with Gasteiger partial charge in [0.05, 0.1) is 15.7 Å². The van der Waals surface area contributed by atoms with E-state index in [0.717, 1.165) is 32.4 Å². The van der Waals surface area contributed by atoms with Gasteiger partial charge >= 0.3 is 5.76 Å². The van der Waals surface area contributed by atoms with E-state index in [1.807, 2.05) is 36.4 Å². The summed E-state index contributed by atoms with van der Waals surface area (Å²) in [6.07, 6.45) is 1.20. The van der Waals surface area contributed by atoms with E-state index in [0.29, 0.717) is 11.1 Å². The van der Waals surface area contributed by atoms with E-state index in [1.165, 1.54) is 10.1 Å². The molecule has 2 aromatic carbocycles. The molecule has 1 N–H and O–H groups in total. The smallest absolute Gasteiger partial charge is 0.408 e. The monoisotopic (exact) mass is 481 g/mol. The molecule has 0 radical (unpaired) electrons. The zero-order valence-electron chi connectivity index (χ0n) is 16.9. The molecule has 0 aliphatic heterocycles. The fourth-order valence-electron chi connectivity index (χ4n) is 3.40. The van der Waals surface area contributed by atoms with Gasteiger partial charge in [-0.15, -0.1) is 11.3 Å². The van der Waals surface area contributed by atoms with Crippen molar-refractivity contribution in [1.29, 1.82) is 0 Å². The summed E-state index contributed by atoms with van der Waals surface area (Å²) in [5.74, 6) is 0.382. The third-order valence-electron chi connectivity index (χ3n) is 4.99. The number of thiophene rings is 1. The number of fused-ring (bicyclic) bond motifs is 2. The number of hydrogen-bond donors (Lipinski definition) is 1. The third-order valence-corrected chi connectivity index (χ3v) is 7.88. The van der Waals surface area contributed by atoms with Crippen LogP contribution in [0.1, 0.15) is 12.0 Å². The van der Waals surface area contributed by atoms with Gasteiger partial charge in [-0.1, -0.05) is 23.9 Å². The molecule has 1 amide bonds. The molecule has 0 unspecified atom stereocenters. The Balaban J connectivity index is 1.20. The van der Waals surface area contributed by atoms with Crippen molar-refractivity contribution >= 4 is 67.3 Å². The Morgan fingerprint density at radius 3 is 2.97 bits per heavy atom. The van der Waals surface area contributed by atoms with Gasteiger partial charge in [0.2, 0.25) is 5.91 Å². The predicted octanol–water partition coefficient (Wildman–Crippen LogP) is 5.63. The van der Waals surface area contributed by atoms with Crippen LogP contribution in [0.4, 0.5) is 5.69 Å². The summed E-state index contributed by atoms with van der Waals surface area (Å²) in [7, 11) is 0. The lowest BCUT2D eigenvalue weighted by molar-refractivity contribution is -0.116. The number of hydrogen-bond acceptors (Lipinski definition) is 7. The highest BCUT2D eigenvalue weighted by Crippen LogP contribution is 2.31. The number of aromatic nitrogens is 2. The van der Waals surface area contributed by atoms with E-state index in [2.05, 4.69) is 27.1 Å². The van der Waals surface area contributed by atoms with Gasteiger partial charge in [-0.3, -0.25) is 9.36 Å². The van der Waals surface area contributed by atoms with Crippen LogP contribution >= 0.6 is 34.4 Å². The fraction of sp³-hybridized carbons (Fsp3) is 0.174. The number of amides is 1. The first-order valence-corrected chi connectivity index (χ1v) is 12.8. The standard InChI is InChI=1S/C23H19N3O3S3/c27-21(7-10-26-18-3-1-2-4-19(18)29-23(26)28)24-16-5-6-17-20(13-16)32-22(25-17)31-12-9-15-8-11-30-14-15/h1-6,8,11,13-14H,7,9-10,12H2,(H,24,27). The number of carbonyl (C=O) groups is 1. The summed E-state index contributed by atoms with van der Waals surface area (Å²) < 4.78 is 8.78. The van der Waals surface area contributed by atoms with Crippen LogP contribution in [0.2, 0.25) is 0 Å². The predicted molar refractivity (Wildman–Crippen MR) is 132 cm³/mol. The maximum atomic E-state index is 12.5. The molecule has 0 fully saturated rings. The molecule has 0 spiro atoms. The molecule has 0 aliphatic rings. The third kappa shape index (κ3) is 4.64. The Morgan fingerprint density at radius 2 is 2.09 bits per heavy atom. The van der Waals surface area contributed by atoms with Crippen molar-refractivity contribution in [2.24, 2.45) is 0 Å². The SMILES string of the molecule is O=C(CCn1c(=O)oc2ccccc21)Nc1ccc2nc(SCCc3ccsc3)sc2c1. The van der Waals surface area contributed by atoms with E-state index >= 15 is 0 Å². The molecule has 0 saturated carbocycles. The molecule has 3 aromatic heterocycles. The molecule has 0 aliphatic carbocycles. The van der Waals surface area contributed by atoms with Crippen molar-refractivity contribution in [2.45, 2.75) is 23.7 Å². The van der Waals surface area contributed by atoms with Crippen LogP contribution in [0.15, 0.2) is 72.8 Å². The van der Waals surface area contributed by atoms with Crippen molar-refractivity contribution in [3.8, 4) is 0 Å². The first-order valence-electron chi connectivity index (χ1n) is 10.1. The first kappa shape index (κ1) is 21.0. The lowest BCUT2D eigenvalue weighted by atomic mass is 10.3. The number of thioether (sulfide) groups is 1. The molecular formula is C23H19N3O3S3. The molecular weight excluding hydrogens is 462 g/mol. The van der Waals surface area contributed by atoms with Gasteiger partial charge in [-0.05, 0) is 59.1 Å². The van der Waals surface area contributed by atoms with Gasteiger partial charge in [0.15, 0.2) is 9.92 Å². The lowest BCUT2D eigenvalue weighted by Crippen LogP contribution is -2.19. The molecule has 0 atom stereocenters. The summed E-state index contributed by atoms with van der Waals surface area (Å²) in [5.41, 5.74) is 4.24. The van der Waals surface area contributed by atoms with Gasteiger partial charge in [0.1, 0.15) is 0 Å². The summed E-state index contributed by atoms with van der Waals surface area (Å²) in [6.45, 7) is 0.259. The molecule has 5 rings (SSSR count). The Kier molecular flexibility index (Phi) is 6.11. The Bertz CT molecular complexity index is 1430. The fourth-order valence-corrected chi connectivity index (χ4v) is 6.27. The maximum absolute atomic E-state index is 12.5. The minimum atomic E-state index is -0.450. The van der Waals surface area contributed by atoms with Crippen LogP contribution in [-0.2, 0) is 17.8 Å². The second kappa shape index (κ2) is 9.32. The Morgan fingerprint density at radius 1 is 1.19 bits per heavy atom. The van der Waals surface area contributed by atoms with Crippen LogP contribution in [-0.4, -0.2) is 21.2 Å². The number of oxazole rings is 1. The molecule has 162 valence electrons. The van der Waals surface area contributed by atoms with Gasteiger partial charge in [0.25, 0.3) is 0 Å². The number of benzene rings is 2. The molecule has 32 heavy (non-hydrogen) atoms. The minimum absolute atomic E-state index is 0.156. The summed E-state index contributed by atoms with van der Waals surface area (Å²) in [6, 6.07) is 15.1. The highest BCUT2D eigenvalue weighted by atomic mass is 32.2. The van der Waals surface area contributed by atoms with Crippen molar-refractivity contribution in [3.05, 3.63) is 75.4 Å². The van der Waals surface area contributed by atoms with Crippen LogP contribution in [0.3, 0.4) is 0 Å². The number of para-hydroxylation sites is 2. The topological polar surface area (TPSA) is 77.1 Å². The van der Waals surface area contributed by atoms with Crippen LogP contribution in [0, 0.1) is 0 Å². The molecule has 0 bridgehead atoms. The second-order valence-electron chi connectivity index (χ2n) is 7.18. The average Bonchev–Trinajstić information content (AvgIpc) is 3.50. The minimum Gasteiger partial charge on any atom is -0.408 e. The number of anilines is 1. The van der Waals surface area contributed by atoms with Crippen LogP contribution in [0.25, 0.3) is 21.3 Å². The largest absolute Gasteiger partial charge is 0.419 e. The van der Waals surface area contributed by atoms with E-state index in [4.69, 9.17) is 4.42 Å². The molecule has 9 heteroatoms. The zero-order valence-corrected chi connectivity index (χ0v) is 19.4. The molecule has 6 nitrogen and oxygen atoms in total. The Labute approximate surface area is 195 Å². The average molecular weight is 482 g/mol. The van der Waals surface area contributed by atoms with Crippen LogP contribution in [0.5, 0.6) is 0 Å². The summed E-state index contributed by atoms with van der Waals surface area (Å²) >= 11 is 5.11. The van der Waals surface area contributed by atoms with Crippen molar-refractivity contribution in [3.63, 3.8) is 0 Å². The molecule has 5 aromatic rings. The lowest BCUT2D eigenvalue weighted by Gasteiger charge is -2.05. The summed E-state index contributed by atoms with van der Waals surface area (Å²) in [4.78, 5) is 29.2. The number of aryl methyl sites for hydroxylation is 2. The van der Waals surface area contributed by atoms with Crippen LogP contribution < -0.4 is 11.1 Å². The normalized spacial score (nSPS) is 11.4. The summed E-state index contributed by atoms with van der Waals surface area (Å²) in [5, 5.41) is 7.20. The number of thiazole rings is 1. The van der Waals surface area contributed by atoms with E-state index < -0.39 is 5.76 Å². The molecule has 3 heterocycles. The number of rotatable bonds is 8. The van der Waals surface area contributed by atoms with Gasteiger partial charge < -0.3 is 9.73 Å². The van der Waals surface area contributed by atoms with E-state index in [1.54, 1.807) is 40.5 Å². The second-order valence-corrected chi connectivity index (χ2v) is 10.3. The highest BCUT2D eigenvalue weighted by molar-refractivity contribution is 8.01. The van der Waals surface area contributed by atoms with Gasteiger partial charge in [-0.25, -0.2) is 9.78 Å². The first-order chi connectivity index (χ1) is 15.7. The van der Waals surface area contributed by atoms with Crippen molar-refractivity contribution in [1.82, 2.24) is 9.55 Å². The zero-order chi connectivity index (χ0) is 21.9. The quantitative estimate of drug-likeness (QED) is 0.291. The van der Waals surface area contributed by atoms with Gasteiger partial charge in [0, 0.05) is 24.4 Å². The Hall–Kier alpha value is -2.88. The van der Waals surface area contributed by atoms with E-state index in [9.17, 15) is 9.59 Å². The molecule has 0 saturated heterocycles. The maximum Gasteiger partial charge on any atom is 0.419 e. The number of carbonyl (C=O) groups excluding carboxylic acids is 1.